The molecule has 0 radical (unpaired) electrons. The van der Waals surface area contributed by atoms with Gasteiger partial charge in [0.1, 0.15) is 0 Å². The van der Waals surface area contributed by atoms with Gasteiger partial charge in [-0.1, -0.05) is 175 Å². The largest absolute Gasteiger partial charge is 0.176 e. The van der Waals surface area contributed by atoms with Crippen molar-refractivity contribution < 1.29 is 0 Å². The third kappa shape index (κ3) is 6.59. The highest BCUT2D eigenvalue weighted by Crippen LogP contribution is 2.57. The Morgan fingerprint density at radius 1 is 0.574 bits per heavy atom. The van der Waals surface area contributed by atoms with Crippen molar-refractivity contribution in [2.75, 3.05) is 0 Å². The predicted molar refractivity (Wildman–Crippen MR) is 229 cm³/mol. The number of fused-ring (bicyclic) bond motifs is 7. The van der Waals surface area contributed by atoms with Crippen LogP contribution >= 0.6 is 0 Å². The Bertz CT molecular complexity index is 2140. The summed E-state index contributed by atoms with van der Waals surface area (Å²) in [6.45, 7) is 14.4. The highest BCUT2D eigenvalue weighted by atomic mass is 14.5. The molecule has 0 aromatic heterocycles. The van der Waals surface area contributed by atoms with Gasteiger partial charge in [0.25, 0.3) is 0 Å². The van der Waals surface area contributed by atoms with Crippen LogP contribution in [-0.4, -0.2) is 0 Å². The molecule has 6 atom stereocenters. The lowest BCUT2D eigenvalue weighted by molar-refractivity contribution is 0.334. The zero-order valence-electron chi connectivity index (χ0n) is 33.5. The summed E-state index contributed by atoms with van der Waals surface area (Å²) in [5.41, 5.74) is 18.6. The minimum atomic E-state index is 0.0769. The van der Waals surface area contributed by atoms with E-state index < -0.39 is 0 Å². The molecule has 2 bridgehead atoms. The first-order chi connectivity index (χ1) is 26.0. The minimum absolute atomic E-state index is 0.0769. The van der Waals surface area contributed by atoms with Crippen LogP contribution in [0.25, 0.3) is 6.08 Å². The Morgan fingerprint density at radius 2 is 1.24 bits per heavy atom. The Morgan fingerprint density at radius 3 is 1.94 bits per heavy atom. The van der Waals surface area contributed by atoms with Crippen molar-refractivity contribution in [1.82, 2.24) is 0 Å². The van der Waals surface area contributed by atoms with E-state index in [-0.39, 0.29) is 10.8 Å². The molecule has 3 aromatic rings. The summed E-state index contributed by atoms with van der Waals surface area (Å²) in [7, 11) is 0. The van der Waals surface area contributed by atoms with Crippen LogP contribution in [0.5, 0.6) is 0 Å². The molecule has 1 saturated carbocycles. The topological polar surface area (TPSA) is 0 Å². The van der Waals surface area contributed by atoms with Gasteiger partial charge in [0.2, 0.25) is 0 Å². The number of rotatable bonds is 2. The third-order valence-corrected chi connectivity index (χ3v) is 13.8. The summed E-state index contributed by atoms with van der Waals surface area (Å²) >= 11 is 0. The van der Waals surface area contributed by atoms with Crippen molar-refractivity contribution in [2.24, 2.45) is 28.6 Å². The van der Waals surface area contributed by atoms with Gasteiger partial charge in [0, 0.05) is 0 Å². The molecule has 0 amide bonds. The lowest BCUT2D eigenvalue weighted by Gasteiger charge is -2.44. The molecule has 0 N–H and O–H groups in total. The first-order valence-corrected chi connectivity index (χ1v) is 21.1. The fourth-order valence-electron chi connectivity index (χ4n) is 10.9. The van der Waals surface area contributed by atoms with Crippen LogP contribution in [0.15, 0.2) is 160 Å². The lowest BCUT2D eigenvalue weighted by Crippen LogP contribution is -2.29. The van der Waals surface area contributed by atoms with E-state index in [0.717, 1.165) is 19.3 Å². The fourth-order valence-corrected chi connectivity index (χ4v) is 10.9. The molecule has 6 aliphatic rings. The van der Waals surface area contributed by atoms with Gasteiger partial charge in [-0.25, -0.2) is 0 Å². The second-order valence-electron chi connectivity index (χ2n) is 19.3. The molecule has 276 valence electrons. The molecule has 0 heteroatoms. The lowest BCUT2D eigenvalue weighted by atomic mass is 9.63. The monoisotopic (exact) mass is 707 g/mol. The summed E-state index contributed by atoms with van der Waals surface area (Å²) in [6, 6.07) is 32.5. The fraction of sp³-hybridized carbons (Fsp3) is 0.389. The SMILES string of the molecule is CC(C)(C)C1=CC2C=C(C(C)(C)C)[CH-]C3=C2C(=C1)CC(c1ccccc1)C1C=C2C(=CC1C(c1ccccc1)C3)CCCCC1CC2=Cc2ccccc21. The molecule has 0 heterocycles. The van der Waals surface area contributed by atoms with Crippen LogP contribution in [0.1, 0.15) is 126 Å². The first kappa shape index (κ1) is 35.4. The van der Waals surface area contributed by atoms with Gasteiger partial charge in [-0.3, -0.25) is 0 Å². The van der Waals surface area contributed by atoms with E-state index in [0.29, 0.717) is 35.5 Å². The van der Waals surface area contributed by atoms with E-state index in [2.05, 4.69) is 169 Å². The summed E-state index contributed by atoms with van der Waals surface area (Å²) in [6.07, 6.45) is 27.1. The maximum absolute atomic E-state index is 2.84. The zero-order chi connectivity index (χ0) is 37.2. The number of benzene rings is 3. The van der Waals surface area contributed by atoms with E-state index in [4.69, 9.17) is 0 Å². The van der Waals surface area contributed by atoms with Gasteiger partial charge in [0.15, 0.2) is 0 Å². The molecular formula is C54H59-. The Labute approximate surface area is 326 Å². The first-order valence-electron chi connectivity index (χ1n) is 21.1. The highest BCUT2D eigenvalue weighted by Gasteiger charge is 2.41. The van der Waals surface area contributed by atoms with Crippen molar-refractivity contribution in [3.8, 4) is 0 Å². The van der Waals surface area contributed by atoms with E-state index >= 15 is 0 Å². The standard InChI is InChI=1S/C54H59/c1-53(2,3)44-27-41-28-45(54(4,5)6)30-43-33-49(36-19-11-8-12-20-36)51-34-47-39(23-14-13-21-37-25-40(47)26-38-22-15-16-24-46(37)38)31-50(51)48(32-42(29-44)52(41)43)35-17-9-7-10-18-35/h7-12,15-20,22,24,26-31,34,37,41,48-51H,13-14,21,23,25,32-33H2,1-6H3/q-1. The van der Waals surface area contributed by atoms with Crippen LogP contribution < -0.4 is 0 Å². The molecule has 6 aliphatic carbocycles. The Balaban J connectivity index is 1.28. The zero-order valence-corrected chi connectivity index (χ0v) is 33.5. The quantitative estimate of drug-likeness (QED) is 0.233. The average molecular weight is 708 g/mol. The van der Waals surface area contributed by atoms with Gasteiger partial charge in [-0.15, -0.1) is 5.57 Å². The van der Waals surface area contributed by atoms with Crippen LogP contribution in [0.3, 0.4) is 0 Å². The maximum Gasteiger partial charge on any atom is -0.00624 e. The second kappa shape index (κ2) is 13.8. The number of hydrogen-bond donors (Lipinski definition) is 0. The van der Waals surface area contributed by atoms with E-state index in [9.17, 15) is 0 Å². The van der Waals surface area contributed by atoms with Crippen molar-refractivity contribution in [1.29, 1.82) is 0 Å². The van der Waals surface area contributed by atoms with Crippen LogP contribution in [0, 0.1) is 35.0 Å². The predicted octanol–water partition coefficient (Wildman–Crippen LogP) is 14.6. The highest BCUT2D eigenvalue weighted by molar-refractivity contribution is 5.69. The number of allylic oxidation sites excluding steroid dienone is 13. The summed E-state index contributed by atoms with van der Waals surface area (Å²) in [4.78, 5) is 0. The van der Waals surface area contributed by atoms with Crippen molar-refractivity contribution in [2.45, 2.75) is 104 Å². The van der Waals surface area contributed by atoms with Crippen molar-refractivity contribution >= 4 is 6.08 Å². The molecule has 0 spiro atoms. The van der Waals surface area contributed by atoms with Crippen molar-refractivity contribution in [3.05, 3.63) is 189 Å². The second-order valence-corrected chi connectivity index (χ2v) is 19.3. The van der Waals surface area contributed by atoms with Gasteiger partial charge >= 0.3 is 0 Å². The van der Waals surface area contributed by atoms with E-state index in [1.54, 1.807) is 39.0 Å². The summed E-state index contributed by atoms with van der Waals surface area (Å²) < 4.78 is 0. The molecule has 1 fully saturated rings. The third-order valence-electron chi connectivity index (χ3n) is 13.8. The Hall–Kier alpha value is -4.29. The molecule has 0 nitrogen and oxygen atoms in total. The summed E-state index contributed by atoms with van der Waals surface area (Å²) in [5.74, 6) is 2.42. The van der Waals surface area contributed by atoms with Gasteiger partial charge in [0.05, 0.1) is 0 Å². The Kier molecular flexibility index (Phi) is 9.04. The summed E-state index contributed by atoms with van der Waals surface area (Å²) in [5, 5.41) is 0. The normalized spacial score (nSPS) is 28.0. The smallest absolute Gasteiger partial charge is 0.00624 e. The van der Waals surface area contributed by atoms with Crippen LogP contribution in [-0.2, 0) is 0 Å². The van der Waals surface area contributed by atoms with Gasteiger partial charge in [-0.2, -0.15) is 23.6 Å². The molecule has 54 heavy (non-hydrogen) atoms. The van der Waals surface area contributed by atoms with Crippen molar-refractivity contribution in [3.63, 3.8) is 0 Å². The molecule has 3 aromatic carbocycles. The molecule has 9 rings (SSSR count). The van der Waals surface area contributed by atoms with Gasteiger partial charge in [-0.05, 0) is 123 Å². The van der Waals surface area contributed by atoms with Crippen LogP contribution in [0.2, 0.25) is 0 Å². The van der Waals surface area contributed by atoms with Crippen LogP contribution in [0.4, 0.5) is 0 Å². The van der Waals surface area contributed by atoms with E-state index in [1.165, 1.54) is 53.5 Å². The van der Waals surface area contributed by atoms with Gasteiger partial charge < -0.3 is 0 Å². The number of hydrogen-bond acceptors (Lipinski definition) is 0. The molecule has 0 saturated heterocycles. The minimum Gasteiger partial charge on any atom is -0.176 e. The molecule has 0 aliphatic heterocycles. The molecular weight excluding hydrogens is 649 g/mol. The molecule has 6 unspecified atom stereocenters. The van der Waals surface area contributed by atoms with E-state index in [1.807, 2.05) is 0 Å². The average Bonchev–Trinajstić information content (AvgIpc) is 3.26. The maximum atomic E-state index is 2.84.